The third kappa shape index (κ3) is 4.22. The summed E-state index contributed by atoms with van der Waals surface area (Å²) in [5, 5.41) is 13.5. The summed E-state index contributed by atoms with van der Waals surface area (Å²) in [6.07, 6.45) is 3.07. The molecule has 0 unspecified atom stereocenters. The van der Waals surface area contributed by atoms with Crippen LogP contribution < -0.4 is 11.1 Å². The van der Waals surface area contributed by atoms with Gasteiger partial charge >= 0.3 is 0 Å². The summed E-state index contributed by atoms with van der Waals surface area (Å²) < 4.78 is 0. The summed E-state index contributed by atoms with van der Waals surface area (Å²) in [6.45, 7) is 1.64. The van der Waals surface area contributed by atoms with Crippen LogP contribution in [0.25, 0.3) is 22.5 Å². The maximum atomic E-state index is 10.3. The van der Waals surface area contributed by atoms with Crippen LogP contribution in [0.15, 0.2) is 42.9 Å². The number of nitrogens with one attached hydrogen (secondary N) is 1. The minimum absolute atomic E-state index is 0.133. The third-order valence-electron chi connectivity index (χ3n) is 3.77. The average Bonchev–Trinajstić information content (AvgIpc) is 2.62. The van der Waals surface area contributed by atoms with E-state index in [1.165, 1.54) is 6.33 Å². The zero-order chi connectivity index (χ0) is 18.5. The van der Waals surface area contributed by atoms with Crippen molar-refractivity contribution in [1.29, 1.82) is 0 Å². The van der Waals surface area contributed by atoms with Crippen LogP contribution in [-0.2, 0) is 0 Å². The lowest BCUT2D eigenvalue weighted by Crippen LogP contribution is -2.21. The summed E-state index contributed by atoms with van der Waals surface area (Å²) in [5.41, 5.74) is 8.36. The lowest BCUT2D eigenvalue weighted by molar-refractivity contribution is 0.425. The van der Waals surface area contributed by atoms with Gasteiger partial charge in [0.15, 0.2) is 0 Å². The van der Waals surface area contributed by atoms with E-state index >= 15 is 0 Å². The summed E-state index contributed by atoms with van der Waals surface area (Å²) in [5.74, 6) is 1.04. The smallest absolute Gasteiger partial charge is 0.220 e. The van der Waals surface area contributed by atoms with Gasteiger partial charge in [0.05, 0.1) is 11.4 Å². The topological polar surface area (TPSA) is 113 Å². The standard InChI is InChI=1S/C18H21N7O/c1-25(2)8-7-20-17-10-15(22-11-23-17)13-9-12(3-4-16(13)26)14-5-6-21-18(19)24-14/h3-6,9-11,26H,7-8H2,1-2H3,(H2,19,21,24)(H,20,22,23). The van der Waals surface area contributed by atoms with Gasteiger partial charge < -0.3 is 21.1 Å². The number of anilines is 2. The predicted octanol–water partition coefficient (Wildman–Crippen LogP) is 1.86. The van der Waals surface area contributed by atoms with Crippen LogP contribution in [-0.4, -0.2) is 57.1 Å². The quantitative estimate of drug-likeness (QED) is 0.617. The van der Waals surface area contributed by atoms with Crippen molar-refractivity contribution in [1.82, 2.24) is 24.8 Å². The first-order valence-electron chi connectivity index (χ1n) is 8.16. The van der Waals surface area contributed by atoms with Crippen molar-refractivity contribution in [2.75, 3.05) is 38.2 Å². The van der Waals surface area contributed by atoms with E-state index in [1.54, 1.807) is 24.4 Å². The van der Waals surface area contributed by atoms with E-state index in [-0.39, 0.29) is 11.7 Å². The van der Waals surface area contributed by atoms with Crippen LogP contribution in [0, 0.1) is 0 Å². The molecule has 3 rings (SSSR count). The number of nitrogens with zero attached hydrogens (tertiary/aromatic N) is 5. The van der Waals surface area contributed by atoms with Gasteiger partial charge in [0, 0.05) is 36.5 Å². The van der Waals surface area contributed by atoms with Gasteiger partial charge in [-0.1, -0.05) is 0 Å². The molecule has 2 aromatic heterocycles. The van der Waals surface area contributed by atoms with Gasteiger partial charge in [-0.2, -0.15) is 0 Å². The van der Waals surface area contributed by atoms with E-state index in [1.807, 2.05) is 26.2 Å². The van der Waals surface area contributed by atoms with Gasteiger partial charge in [-0.3, -0.25) is 0 Å². The summed E-state index contributed by atoms with van der Waals surface area (Å²) in [7, 11) is 4.02. The number of nitrogen functional groups attached to an aromatic ring is 1. The van der Waals surface area contributed by atoms with Crippen LogP contribution in [0.1, 0.15) is 0 Å². The Kier molecular flexibility index (Phi) is 5.23. The van der Waals surface area contributed by atoms with Gasteiger partial charge in [0.1, 0.15) is 17.9 Å². The molecule has 134 valence electrons. The van der Waals surface area contributed by atoms with Crippen LogP contribution in [0.4, 0.5) is 11.8 Å². The number of likely N-dealkylation sites (N-methyl/N-ethyl adjacent to an activating group) is 1. The van der Waals surface area contributed by atoms with E-state index in [4.69, 9.17) is 5.73 Å². The van der Waals surface area contributed by atoms with Gasteiger partial charge in [-0.15, -0.1) is 0 Å². The summed E-state index contributed by atoms with van der Waals surface area (Å²) >= 11 is 0. The average molecular weight is 351 g/mol. The van der Waals surface area contributed by atoms with Crippen LogP contribution in [0.5, 0.6) is 5.75 Å². The largest absolute Gasteiger partial charge is 0.507 e. The predicted molar refractivity (Wildman–Crippen MR) is 102 cm³/mol. The molecule has 0 radical (unpaired) electrons. The number of nitrogens with two attached hydrogens (primary N) is 1. The molecular weight excluding hydrogens is 330 g/mol. The maximum absolute atomic E-state index is 10.3. The fourth-order valence-corrected chi connectivity index (χ4v) is 2.44. The van der Waals surface area contributed by atoms with Crippen molar-refractivity contribution >= 4 is 11.8 Å². The molecule has 0 saturated carbocycles. The monoisotopic (exact) mass is 351 g/mol. The highest BCUT2D eigenvalue weighted by Crippen LogP contribution is 2.32. The first-order chi connectivity index (χ1) is 12.5. The second-order valence-electron chi connectivity index (χ2n) is 6.05. The molecule has 0 aliphatic heterocycles. The lowest BCUT2D eigenvalue weighted by atomic mass is 10.0. The Morgan fingerprint density at radius 2 is 1.92 bits per heavy atom. The Hall–Kier alpha value is -3.26. The molecule has 0 amide bonds. The van der Waals surface area contributed by atoms with E-state index in [9.17, 15) is 5.11 Å². The molecule has 2 heterocycles. The molecule has 1 aromatic carbocycles. The van der Waals surface area contributed by atoms with Gasteiger partial charge in [-0.25, -0.2) is 19.9 Å². The molecule has 8 nitrogen and oxygen atoms in total. The van der Waals surface area contributed by atoms with E-state index in [0.29, 0.717) is 22.8 Å². The number of rotatable bonds is 6. The first kappa shape index (κ1) is 17.6. The Morgan fingerprint density at radius 1 is 1.08 bits per heavy atom. The molecule has 4 N–H and O–H groups in total. The van der Waals surface area contributed by atoms with Crippen LogP contribution >= 0.6 is 0 Å². The zero-order valence-electron chi connectivity index (χ0n) is 14.7. The van der Waals surface area contributed by atoms with E-state index < -0.39 is 0 Å². The van der Waals surface area contributed by atoms with Gasteiger partial charge in [-0.05, 0) is 38.4 Å². The molecule has 3 aromatic rings. The van der Waals surface area contributed by atoms with Crippen LogP contribution in [0.3, 0.4) is 0 Å². The molecule has 0 bridgehead atoms. The van der Waals surface area contributed by atoms with Crippen molar-refractivity contribution in [3.8, 4) is 28.3 Å². The second-order valence-corrected chi connectivity index (χ2v) is 6.05. The van der Waals surface area contributed by atoms with E-state index in [2.05, 4.69) is 30.2 Å². The molecule has 0 spiro atoms. The Bertz CT molecular complexity index is 898. The normalized spacial score (nSPS) is 10.9. The lowest BCUT2D eigenvalue weighted by Gasteiger charge is -2.12. The molecular formula is C18H21N7O. The fraction of sp³-hybridized carbons (Fsp3) is 0.222. The Balaban J connectivity index is 1.90. The number of phenolic OH excluding ortho intramolecular Hbond substituents is 1. The summed E-state index contributed by atoms with van der Waals surface area (Å²) in [6, 6.07) is 8.79. The minimum atomic E-state index is 0.133. The Labute approximate surface area is 151 Å². The minimum Gasteiger partial charge on any atom is -0.507 e. The second kappa shape index (κ2) is 7.75. The number of aromatic hydroxyl groups is 1. The van der Waals surface area contributed by atoms with Crippen molar-refractivity contribution in [3.63, 3.8) is 0 Å². The third-order valence-corrected chi connectivity index (χ3v) is 3.77. The SMILES string of the molecule is CN(C)CCNc1cc(-c2cc(-c3ccnc(N)n3)ccc2O)ncn1. The molecule has 0 aliphatic rings. The molecule has 0 atom stereocenters. The number of benzene rings is 1. The number of phenols is 1. The van der Waals surface area contributed by atoms with Crippen molar-refractivity contribution in [3.05, 3.63) is 42.9 Å². The van der Waals surface area contributed by atoms with Crippen molar-refractivity contribution in [2.45, 2.75) is 0 Å². The van der Waals surface area contributed by atoms with Crippen molar-refractivity contribution in [2.24, 2.45) is 0 Å². The van der Waals surface area contributed by atoms with E-state index in [0.717, 1.165) is 18.7 Å². The molecule has 0 aliphatic carbocycles. The highest BCUT2D eigenvalue weighted by molar-refractivity contribution is 5.75. The first-order valence-corrected chi connectivity index (χ1v) is 8.16. The molecule has 26 heavy (non-hydrogen) atoms. The molecule has 0 fully saturated rings. The van der Waals surface area contributed by atoms with Gasteiger partial charge in [0.25, 0.3) is 0 Å². The summed E-state index contributed by atoms with van der Waals surface area (Å²) in [4.78, 5) is 18.7. The Morgan fingerprint density at radius 3 is 2.69 bits per heavy atom. The highest BCUT2D eigenvalue weighted by Gasteiger charge is 2.10. The zero-order valence-corrected chi connectivity index (χ0v) is 14.7. The maximum Gasteiger partial charge on any atom is 0.220 e. The number of hydrogen-bond acceptors (Lipinski definition) is 8. The molecule has 8 heteroatoms. The number of hydrogen-bond donors (Lipinski definition) is 3. The fourth-order valence-electron chi connectivity index (χ4n) is 2.44. The number of aromatic nitrogens is 4. The van der Waals surface area contributed by atoms with Gasteiger partial charge in [0.2, 0.25) is 5.95 Å². The highest BCUT2D eigenvalue weighted by atomic mass is 16.3. The van der Waals surface area contributed by atoms with Crippen LogP contribution in [0.2, 0.25) is 0 Å². The molecule has 0 saturated heterocycles. The van der Waals surface area contributed by atoms with Crippen molar-refractivity contribution < 1.29 is 5.11 Å².